The Kier molecular flexibility index (Phi) is 6.19. The van der Waals surface area contributed by atoms with E-state index in [0.29, 0.717) is 10.0 Å². The molecule has 0 spiro atoms. The first kappa shape index (κ1) is 20.0. The van der Waals surface area contributed by atoms with E-state index in [2.05, 4.69) is 50.8 Å². The Labute approximate surface area is 188 Å². The molecule has 0 aliphatic carbocycles. The molecule has 0 aliphatic heterocycles. The Balaban J connectivity index is 1.72. The largest absolute Gasteiger partial charge is 0.326 e. The average molecular weight is 484 g/mol. The van der Waals surface area contributed by atoms with Gasteiger partial charge in [0.25, 0.3) is 0 Å². The minimum atomic E-state index is 0.588. The van der Waals surface area contributed by atoms with Crippen molar-refractivity contribution >= 4 is 51.3 Å². The quantitative estimate of drug-likeness (QED) is 0.282. The Morgan fingerprint density at radius 1 is 0.897 bits per heavy atom. The summed E-state index contributed by atoms with van der Waals surface area (Å²) in [5.41, 5.74) is 3.99. The maximum absolute atomic E-state index is 6.42. The van der Waals surface area contributed by atoms with Crippen LogP contribution in [-0.2, 0) is 6.54 Å². The molecule has 4 aromatic rings. The van der Waals surface area contributed by atoms with Crippen LogP contribution >= 0.6 is 39.1 Å². The van der Waals surface area contributed by atoms with E-state index in [-0.39, 0.29) is 0 Å². The molecule has 1 aromatic heterocycles. The standard InChI is InChI=1S/C24H17BrCl2N2/c25-19-9-6-17(7-10-19)8-13-24-28-23(21-12-11-20(26)14-22(21)27)16-29(24)15-18-4-2-1-3-5-18/h1-14,16H,15H2/b13-8+. The number of nitrogens with zero attached hydrogens (tertiary/aromatic N) is 2. The molecule has 2 nitrogen and oxygen atoms in total. The molecule has 0 saturated heterocycles. The number of benzene rings is 3. The molecule has 5 heteroatoms. The average Bonchev–Trinajstić information content (AvgIpc) is 3.10. The van der Waals surface area contributed by atoms with Crippen LogP contribution in [0.15, 0.2) is 83.5 Å². The number of rotatable bonds is 5. The highest BCUT2D eigenvalue weighted by Gasteiger charge is 2.11. The molecule has 0 unspecified atom stereocenters. The molecule has 4 rings (SSSR count). The lowest BCUT2D eigenvalue weighted by Crippen LogP contribution is -2.00. The van der Waals surface area contributed by atoms with Crippen molar-refractivity contribution in [2.45, 2.75) is 6.54 Å². The molecule has 0 amide bonds. The Hall–Kier alpha value is -2.33. The summed E-state index contributed by atoms with van der Waals surface area (Å²) < 4.78 is 3.19. The van der Waals surface area contributed by atoms with E-state index in [9.17, 15) is 0 Å². The van der Waals surface area contributed by atoms with Crippen molar-refractivity contribution in [3.8, 4) is 11.3 Å². The van der Waals surface area contributed by atoms with Gasteiger partial charge in [-0.05, 0) is 47.5 Å². The van der Waals surface area contributed by atoms with Gasteiger partial charge in [-0.1, -0.05) is 87.7 Å². The van der Waals surface area contributed by atoms with Gasteiger partial charge in [0.2, 0.25) is 0 Å². The van der Waals surface area contributed by atoms with E-state index in [1.54, 1.807) is 6.07 Å². The van der Waals surface area contributed by atoms with Crippen molar-refractivity contribution in [1.29, 1.82) is 0 Å². The number of hydrogen-bond donors (Lipinski definition) is 0. The summed E-state index contributed by atoms with van der Waals surface area (Å²) in [6.45, 7) is 0.721. The topological polar surface area (TPSA) is 17.8 Å². The van der Waals surface area contributed by atoms with Crippen LogP contribution in [-0.4, -0.2) is 9.55 Å². The van der Waals surface area contributed by atoms with Crippen LogP contribution in [0.2, 0.25) is 10.0 Å². The van der Waals surface area contributed by atoms with Crippen LogP contribution < -0.4 is 0 Å². The lowest BCUT2D eigenvalue weighted by atomic mass is 10.2. The van der Waals surface area contributed by atoms with E-state index in [1.165, 1.54) is 5.56 Å². The van der Waals surface area contributed by atoms with Gasteiger partial charge in [-0.25, -0.2) is 4.98 Å². The molecule has 0 saturated carbocycles. The summed E-state index contributed by atoms with van der Waals surface area (Å²) in [5.74, 6) is 0.859. The summed E-state index contributed by atoms with van der Waals surface area (Å²) in [7, 11) is 0. The van der Waals surface area contributed by atoms with Gasteiger partial charge in [0, 0.05) is 27.8 Å². The Bertz CT molecular complexity index is 1150. The molecule has 144 valence electrons. The van der Waals surface area contributed by atoms with Gasteiger partial charge in [-0.3, -0.25) is 0 Å². The van der Waals surface area contributed by atoms with E-state index in [0.717, 1.165) is 33.7 Å². The predicted molar refractivity (Wildman–Crippen MR) is 126 cm³/mol. The maximum atomic E-state index is 6.42. The third-order valence-corrected chi connectivity index (χ3v) is 5.58. The highest BCUT2D eigenvalue weighted by Crippen LogP contribution is 2.30. The van der Waals surface area contributed by atoms with Gasteiger partial charge in [0.1, 0.15) is 5.82 Å². The normalized spacial score (nSPS) is 11.3. The monoisotopic (exact) mass is 482 g/mol. The third kappa shape index (κ3) is 4.99. The summed E-state index contributed by atoms with van der Waals surface area (Å²) >= 11 is 15.9. The zero-order valence-electron chi connectivity index (χ0n) is 15.4. The first-order valence-electron chi connectivity index (χ1n) is 9.09. The fourth-order valence-corrected chi connectivity index (χ4v) is 3.81. The summed E-state index contributed by atoms with van der Waals surface area (Å²) in [4.78, 5) is 4.84. The lowest BCUT2D eigenvalue weighted by molar-refractivity contribution is 0.787. The van der Waals surface area contributed by atoms with Crippen molar-refractivity contribution in [2.75, 3.05) is 0 Å². The second-order valence-electron chi connectivity index (χ2n) is 6.61. The number of imidazole rings is 1. The number of aromatic nitrogens is 2. The lowest BCUT2D eigenvalue weighted by Gasteiger charge is -2.05. The van der Waals surface area contributed by atoms with Gasteiger partial charge in [-0.15, -0.1) is 0 Å². The zero-order chi connectivity index (χ0) is 20.2. The van der Waals surface area contributed by atoms with Crippen LogP contribution in [0.4, 0.5) is 0 Å². The number of halogens is 3. The van der Waals surface area contributed by atoms with Crippen LogP contribution in [0.25, 0.3) is 23.4 Å². The molecule has 29 heavy (non-hydrogen) atoms. The van der Waals surface area contributed by atoms with Crippen LogP contribution in [0.3, 0.4) is 0 Å². The van der Waals surface area contributed by atoms with E-state index in [1.807, 2.05) is 54.7 Å². The predicted octanol–water partition coefficient (Wildman–Crippen LogP) is 7.84. The SMILES string of the molecule is Clc1ccc(-c2cn(Cc3ccccc3)c(/C=C/c3ccc(Br)cc3)n2)c(Cl)c1. The fraction of sp³-hybridized carbons (Fsp3) is 0.0417. The third-order valence-electron chi connectivity index (χ3n) is 4.51. The molecule has 0 aliphatic rings. The summed E-state index contributed by atoms with van der Waals surface area (Å²) in [6, 6.07) is 24.0. The highest BCUT2D eigenvalue weighted by atomic mass is 79.9. The van der Waals surface area contributed by atoms with Crippen LogP contribution in [0.1, 0.15) is 17.0 Å². The van der Waals surface area contributed by atoms with Gasteiger partial charge in [-0.2, -0.15) is 0 Å². The molecule has 0 bridgehead atoms. The van der Waals surface area contributed by atoms with Crippen molar-refractivity contribution in [1.82, 2.24) is 9.55 Å². The molecule has 0 radical (unpaired) electrons. The van der Waals surface area contributed by atoms with E-state index in [4.69, 9.17) is 28.2 Å². The minimum absolute atomic E-state index is 0.588. The van der Waals surface area contributed by atoms with Gasteiger partial charge in [0.15, 0.2) is 0 Å². The van der Waals surface area contributed by atoms with Crippen molar-refractivity contribution in [3.63, 3.8) is 0 Å². The minimum Gasteiger partial charge on any atom is -0.326 e. The number of hydrogen-bond acceptors (Lipinski definition) is 1. The summed E-state index contributed by atoms with van der Waals surface area (Å²) in [6.07, 6.45) is 6.12. The maximum Gasteiger partial charge on any atom is 0.133 e. The fourth-order valence-electron chi connectivity index (χ4n) is 3.04. The smallest absolute Gasteiger partial charge is 0.133 e. The van der Waals surface area contributed by atoms with Crippen LogP contribution in [0, 0.1) is 0 Å². The molecule has 3 aromatic carbocycles. The van der Waals surface area contributed by atoms with E-state index >= 15 is 0 Å². The molecular formula is C24H17BrCl2N2. The van der Waals surface area contributed by atoms with Gasteiger partial charge >= 0.3 is 0 Å². The van der Waals surface area contributed by atoms with Crippen molar-refractivity contribution < 1.29 is 0 Å². The van der Waals surface area contributed by atoms with Crippen molar-refractivity contribution in [3.05, 3.63) is 110 Å². The second kappa shape index (κ2) is 9.00. The molecular weight excluding hydrogens is 467 g/mol. The Morgan fingerprint density at radius 3 is 2.38 bits per heavy atom. The molecule has 0 fully saturated rings. The van der Waals surface area contributed by atoms with Crippen molar-refractivity contribution in [2.24, 2.45) is 0 Å². The zero-order valence-corrected chi connectivity index (χ0v) is 18.5. The Morgan fingerprint density at radius 2 is 1.66 bits per heavy atom. The molecule has 1 heterocycles. The summed E-state index contributed by atoms with van der Waals surface area (Å²) in [5, 5.41) is 1.20. The molecule has 0 N–H and O–H groups in total. The van der Waals surface area contributed by atoms with Gasteiger partial charge < -0.3 is 4.57 Å². The van der Waals surface area contributed by atoms with Gasteiger partial charge in [0.05, 0.1) is 10.7 Å². The first-order valence-corrected chi connectivity index (χ1v) is 10.6. The highest BCUT2D eigenvalue weighted by molar-refractivity contribution is 9.10. The van der Waals surface area contributed by atoms with Crippen LogP contribution in [0.5, 0.6) is 0 Å². The molecule has 0 atom stereocenters. The second-order valence-corrected chi connectivity index (χ2v) is 8.37. The van der Waals surface area contributed by atoms with E-state index < -0.39 is 0 Å². The first-order chi connectivity index (χ1) is 14.1.